The number of rotatable bonds is 8. The van der Waals surface area contributed by atoms with Crippen molar-refractivity contribution >= 4 is 0 Å². The van der Waals surface area contributed by atoms with Crippen LogP contribution in [0, 0.1) is 23.7 Å². The van der Waals surface area contributed by atoms with E-state index in [9.17, 15) is 86.8 Å². The predicted molar refractivity (Wildman–Crippen MR) is 235 cm³/mol. The van der Waals surface area contributed by atoms with Gasteiger partial charge in [0.1, 0.15) is 146 Å². The highest BCUT2D eigenvalue weighted by Crippen LogP contribution is 2.55. The number of aliphatic hydroxyl groups excluding tert-OH is 17. The van der Waals surface area contributed by atoms with Crippen LogP contribution in [0.15, 0.2) is 0 Å². The van der Waals surface area contributed by atoms with Gasteiger partial charge in [0, 0.05) is 0 Å². The Bertz CT molecular complexity index is 1840. The first-order valence-corrected chi connectivity index (χ1v) is 26.1. The number of aliphatic hydroxyl groups is 17. The topological polar surface area (TPSA) is 464 Å². The number of hydrogen-bond acceptors (Lipinski definition) is 30. The molecule has 30 atom stereocenters. The molecule has 26 fully saturated rings. The van der Waals surface area contributed by atoms with Crippen LogP contribution >= 0.6 is 0 Å². The monoisotopic (exact) mass is 1110 g/mol. The van der Waals surface area contributed by atoms with Crippen LogP contribution in [-0.2, 0) is 61.6 Å². The summed E-state index contributed by atoms with van der Waals surface area (Å²) in [6, 6.07) is 0. The maximum absolute atomic E-state index is 12.4. The Balaban J connectivity index is 0.970. The smallest absolute Gasteiger partial charge is 0.187 e. The van der Waals surface area contributed by atoms with Crippen molar-refractivity contribution in [1.29, 1.82) is 0 Å². The standard InChI is InChI=1S/C46H74O30/c47-6-16-34-22(53)27(58)41(64-16)71-35-17(7-48)65-43(28(59)23(35)54)73-37-19(9-50)67-45(30(61)25(37)56)75-39-21(11-52)69-46(40(32(39)63)70-33-14-2-12-1-13(4-14)5-15(33)3-12)76-38-20(10-51)68-44(31(62)26(38)57)74-36-18(8-49)66-42(72-34)29(60)24(36)55/h12-63H,1-11H2/t12?,13?,14?,15?,16-,17-,18-,19-,20-,21-,22-,23-,24-,25-,26-,27-,28-,29-,30-,31-,32+,33?,34-,35-,36-,37-,38-,39-,40-,41-,42-,43-,44-,45-,46-/m1/s1. The maximum Gasteiger partial charge on any atom is 0.187 e. The second kappa shape index (κ2) is 23.9. The lowest BCUT2D eigenvalue weighted by atomic mass is 9.55. The molecule has 0 spiro atoms. The van der Waals surface area contributed by atoms with Gasteiger partial charge in [-0.25, -0.2) is 0 Å². The molecular formula is C46H74O30. The van der Waals surface area contributed by atoms with Crippen LogP contribution in [0.25, 0.3) is 0 Å². The molecule has 30 nitrogen and oxygen atoms in total. The molecule has 0 radical (unpaired) electrons. The van der Waals surface area contributed by atoms with E-state index in [0.29, 0.717) is 11.8 Å². The fourth-order valence-electron chi connectivity index (χ4n) is 13.3. The van der Waals surface area contributed by atoms with Crippen LogP contribution in [0.2, 0.25) is 0 Å². The summed E-state index contributed by atoms with van der Waals surface area (Å²) in [6.07, 6.45) is -52.5. The molecule has 26 rings (SSSR count). The minimum absolute atomic E-state index is 0.0624. The van der Waals surface area contributed by atoms with Crippen molar-refractivity contribution in [2.75, 3.05) is 39.6 Å². The Labute approximate surface area is 433 Å². The summed E-state index contributed by atoms with van der Waals surface area (Å²) >= 11 is 0. The van der Waals surface area contributed by atoms with E-state index in [-0.39, 0.29) is 11.8 Å². The zero-order valence-corrected chi connectivity index (χ0v) is 40.9. The van der Waals surface area contributed by atoms with Crippen LogP contribution in [0.4, 0.5) is 0 Å². The highest BCUT2D eigenvalue weighted by atomic mass is 16.8. The number of ether oxygens (including phenoxy) is 13. The van der Waals surface area contributed by atoms with Gasteiger partial charge in [-0.05, 0) is 55.8 Å². The van der Waals surface area contributed by atoms with Gasteiger partial charge in [-0.2, -0.15) is 0 Å². The minimum Gasteiger partial charge on any atom is -0.394 e. The van der Waals surface area contributed by atoms with Crippen LogP contribution in [-0.4, -0.2) is 317 Å². The van der Waals surface area contributed by atoms with E-state index < -0.39 is 230 Å². The lowest BCUT2D eigenvalue weighted by Crippen LogP contribution is -2.69. The van der Waals surface area contributed by atoms with Gasteiger partial charge in [0.15, 0.2) is 37.7 Å². The molecule has 76 heavy (non-hydrogen) atoms. The first-order valence-electron chi connectivity index (χ1n) is 26.1. The average Bonchev–Trinajstić information content (AvgIpc) is 3.41. The van der Waals surface area contributed by atoms with Gasteiger partial charge in [0.05, 0.1) is 45.7 Å². The Hall–Kier alpha value is -1.20. The van der Waals surface area contributed by atoms with Crippen molar-refractivity contribution in [1.82, 2.24) is 0 Å². The molecule has 0 aromatic heterocycles. The van der Waals surface area contributed by atoms with E-state index in [0.717, 1.165) is 32.1 Å². The highest BCUT2D eigenvalue weighted by Gasteiger charge is 2.60. The van der Waals surface area contributed by atoms with E-state index in [2.05, 4.69) is 0 Å². The molecule has 16 bridgehead atoms. The maximum atomic E-state index is 12.4. The lowest BCUT2D eigenvalue weighted by molar-refractivity contribution is -0.407. The van der Waals surface area contributed by atoms with Gasteiger partial charge in [-0.1, -0.05) is 0 Å². The summed E-state index contributed by atoms with van der Waals surface area (Å²) in [4.78, 5) is 0. The first-order chi connectivity index (χ1) is 36.4. The molecule has 30 heteroatoms. The van der Waals surface area contributed by atoms with Crippen LogP contribution in [0.5, 0.6) is 0 Å². The Morgan fingerprint density at radius 1 is 0.250 bits per heavy atom. The molecule has 26 aliphatic rings. The summed E-state index contributed by atoms with van der Waals surface area (Å²) in [6.45, 7) is -5.77. The largest absolute Gasteiger partial charge is 0.394 e. The quantitative estimate of drug-likeness (QED) is 0.107. The SMILES string of the molecule is OC[C@H]1O[C@@H]2O[C@H]3[C@H](O)[C@@H](O)[C@@H](O[C@H]4[C@H](O)[C@@H](O)[C@@H](O[C@H]5[C@H](O)[C@@H](OC6C7CC8CC(C7)CC6C8)[C@@H](O[C@H]6[C@H](O)[C@@H](O)[C@@H](O[C@H]7[C@H](O)[C@@H](O)[C@@H](O[C@H]1[C@H](O)[C@H]2O)O[C@@H]7CO)O[C@@H]6CO)O[C@@H]5CO)O[C@@H]4CO)O[C@@H]3CO. The predicted octanol–water partition coefficient (Wildman–Crippen LogP) is -10.2. The number of hydrogen-bond donors (Lipinski definition) is 17. The van der Waals surface area contributed by atoms with Crippen molar-refractivity contribution in [2.24, 2.45) is 23.7 Å². The summed E-state index contributed by atoms with van der Waals surface area (Å²) in [5.41, 5.74) is 0. The second-order valence-electron chi connectivity index (χ2n) is 21.8. The molecule has 0 aromatic rings. The van der Waals surface area contributed by atoms with E-state index in [1.54, 1.807) is 0 Å². The Kier molecular flexibility index (Phi) is 18.3. The average molecular weight is 1110 g/mol. The van der Waals surface area contributed by atoms with Gasteiger partial charge in [0.25, 0.3) is 0 Å². The molecule has 4 aliphatic carbocycles. The van der Waals surface area contributed by atoms with Crippen molar-refractivity contribution in [3.63, 3.8) is 0 Å². The van der Waals surface area contributed by atoms with Crippen LogP contribution in [0.1, 0.15) is 32.1 Å². The summed E-state index contributed by atoms with van der Waals surface area (Å²) in [5, 5.41) is 190. The zero-order valence-electron chi connectivity index (χ0n) is 40.9. The second-order valence-corrected chi connectivity index (χ2v) is 21.8. The highest BCUT2D eigenvalue weighted by molar-refractivity contribution is 5.04. The third kappa shape index (κ3) is 10.8. The minimum atomic E-state index is -2.14. The van der Waals surface area contributed by atoms with E-state index >= 15 is 0 Å². The van der Waals surface area contributed by atoms with Crippen molar-refractivity contribution in [3.05, 3.63) is 0 Å². The van der Waals surface area contributed by atoms with Crippen LogP contribution < -0.4 is 0 Å². The molecular weight excluding hydrogens is 1030 g/mol. The molecule has 0 amide bonds. The van der Waals surface area contributed by atoms with Gasteiger partial charge >= 0.3 is 0 Å². The molecule has 22 aliphatic heterocycles. The normalized spacial score (nSPS) is 56.9. The molecule has 17 N–H and O–H groups in total. The Morgan fingerprint density at radius 2 is 0.474 bits per heavy atom. The van der Waals surface area contributed by atoms with Gasteiger partial charge in [-0.15, -0.1) is 0 Å². The summed E-state index contributed by atoms with van der Waals surface area (Å²) < 4.78 is 77.6. The zero-order chi connectivity index (χ0) is 54.2. The van der Waals surface area contributed by atoms with Crippen molar-refractivity contribution in [2.45, 2.75) is 222 Å². The van der Waals surface area contributed by atoms with Gasteiger partial charge in [-0.3, -0.25) is 0 Å². The molecule has 0 aromatic carbocycles. The van der Waals surface area contributed by atoms with Crippen LogP contribution in [0.3, 0.4) is 0 Å². The first kappa shape index (κ1) is 58.0. The lowest BCUT2D eigenvalue weighted by Gasteiger charge is -2.56. The third-order valence-corrected chi connectivity index (χ3v) is 17.1. The van der Waals surface area contributed by atoms with E-state index in [1.807, 2.05) is 0 Å². The molecule has 0 unspecified atom stereocenters. The van der Waals surface area contributed by atoms with E-state index in [1.165, 1.54) is 0 Å². The fourth-order valence-corrected chi connectivity index (χ4v) is 13.3. The molecule has 22 heterocycles. The van der Waals surface area contributed by atoms with Gasteiger partial charge in [0.2, 0.25) is 0 Å². The molecule has 4 saturated carbocycles. The summed E-state index contributed by atoms with van der Waals surface area (Å²) in [5.74, 6) is 1.09. The fraction of sp³-hybridized carbons (Fsp3) is 1.00. The van der Waals surface area contributed by atoms with Crippen molar-refractivity contribution < 1.29 is 148 Å². The van der Waals surface area contributed by atoms with Gasteiger partial charge < -0.3 is 148 Å². The Morgan fingerprint density at radius 3 is 0.724 bits per heavy atom. The molecule has 438 valence electrons. The van der Waals surface area contributed by atoms with E-state index in [4.69, 9.17) is 61.6 Å². The third-order valence-electron chi connectivity index (χ3n) is 17.1. The molecule has 22 saturated heterocycles. The van der Waals surface area contributed by atoms with Crippen molar-refractivity contribution in [3.8, 4) is 0 Å². The summed E-state index contributed by atoms with van der Waals surface area (Å²) in [7, 11) is 0.